The van der Waals surface area contributed by atoms with Gasteiger partial charge >= 0.3 is 0 Å². The average molecular weight is 344 g/mol. The highest BCUT2D eigenvalue weighted by molar-refractivity contribution is 7.99. The zero-order chi connectivity index (χ0) is 16.9. The fourth-order valence-corrected chi connectivity index (χ4v) is 2.81. The second-order valence-electron chi connectivity index (χ2n) is 4.79. The minimum atomic E-state index is -0.381. The van der Waals surface area contributed by atoms with Crippen LogP contribution in [0.25, 0.3) is 5.69 Å². The minimum absolute atomic E-state index is 0.0588. The van der Waals surface area contributed by atoms with Gasteiger partial charge in [0.15, 0.2) is 5.78 Å². The lowest BCUT2D eigenvalue weighted by atomic mass is 10.1. The first-order valence-electron chi connectivity index (χ1n) is 7.02. The van der Waals surface area contributed by atoms with Crippen molar-refractivity contribution in [3.05, 3.63) is 59.9 Å². The van der Waals surface area contributed by atoms with E-state index in [1.807, 2.05) is 0 Å². The van der Waals surface area contributed by atoms with Crippen molar-refractivity contribution < 1.29 is 13.9 Å². The number of ether oxygens (including phenoxy) is 1. The van der Waals surface area contributed by atoms with Crippen LogP contribution in [0.15, 0.2) is 53.7 Å². The summed E-state index contributed by atoms with van der Waals surface area (Å²) in [5.41, 5.74) is 1.08. The molecule has 0 N–H and O–H groups in total. The fourth-order valence-electron chi connectivity index (χ4n) is 2.03. The highest BCUT2D eigenvalue weighted by Gasteiger charge is 2.13. The van der Waals surface area contributed by atoms with E-state index in [1.165, 1.54) is 28.6 Å². The molecule has 0 fully saturated rings. The Morgan fingerprint density at radius 3 is 2.75 bits per heavy atom. The molecule has 0 aliphatic carbocycles. The summed E-state index contributed by atoms with van der Waals surface area (Å²) in [6.45, 7) is 0. The van der Waals surface area contributed by atoms with E-state index in [-0.39, 0.29) is 17.4 Å². The molecular formula is C16H13FN4O2S. The smallest absolute Gasteiger partial charge is 0.214 e. The molecule has 122 valence electrons. The van der Waals surface area contributed by atoms with Gasteiger partial charge in [-0.05, 0) is 52.9 Å². The monoisotopic (exact) mass is 344 g/mol. The van der Waals surface area contributed by atoms with Gasteiger partial charge in [0.2, 0.25) is 5.16 Å². The highest BCUT2D eigenvalue weighted by Crippen LogP contribution is 2.20. The number of nitrogens with zero attached hydrogens (tertiary/aromatic N) is 4. The molecule has 0 radical (unpaired) electrons. The van der Waals surface area contributed by atoms with Crippen LogP contribution in [0.3, 0.4) is 0 Å². The van der Waals surface area contributed by atoms with Gasteiger partial charge in [-0.2, -0.15) is 4.68 Å². The molecule has 0 bridgehead atoms. The normalized spacial score (nSPS) is 10.6. The van der Waals surface area contributed by atoms with Crippen molar-refractivity contribution in [1.29, 1.82) is 0 Å². The molecule has 6 nitrogen and oxygen atoms in total. The van der Waals surface area contributed by atoms with Gasteiger partial charge in [-0.3, -0.25) is 4.79 Å². The largest absolute Gasteiger partial charge is 0.497 e. The van der Waals surface area contributed by atoms with Gasteiger partial charge < -0.3 is 4.74 Å². The van der Waals surface area contributed by atoms with Crippen LogP contribution >= 0.6 is 11.8 Å². The Labute approximate surface area is 141 Å². The van der Waals surface area contributed by atoms with E-state index in [4.69, 9.17) is 4.74 Å². The van der Waals surface area contributed by atoms with Crippen LogP contribution in [0.1, 0.15) is 10.4 Å². The van der Waals surface area contributed by atoms with Crippen molar-refractivity contribution in [2.75, 3.05) is 12.9 Å². The second-order valence-corrected chi connectivity index (χ2v) is 5.74. The maximum Gasteiger partial charge on any atom is 0.214 e. The predicted molar refractivity (Wildman–Crippen MR) is 87.2 cm³/mol. The van der Waals surface area contributed by atoms with Gasteiger partial charge in [0.1, 0.15) is 11.6 Å². The summed E-state index contributed by atoms with van der Waals surface area (Å²) in [5, 5.41) is 11.7. The Balaban J connectivity index is 1.71. The van der Waals surface area contributed by atoms with E-state index >= 15 is 0 Å². The van der Waals surface area contributed by atoms with Crippen LogP contribution in [-0.2, 0) is 0 Å². The van der Waals surface area contributed by atoms with E-state index in [2.05, 4.69) is 15.5 Å². The summed E-state index contributed by atoms with van der Waals surface area (Å²) in [5.74, 6) is 0.418. The topological polar surface area (TPSA) is 69.9 Å². The summed E-state index contributed by atoms with van der Waals surface area (Å²) in [4.78, 5) is 12.2. The average Bonchev–Trinajstić information content (AvgIpc) is 3.08. The predicted octanol–water partition coefficient (Wildman–Crippen LogP) is 2.79. The van der Waals surface area contributed by atoms with Crippen molar-refractivity contribution >= 4 is 17.5 Å². The Morgan fingerprint density at radius 2 is 2.04 bits per heavy atom. The molecule has 0 atom stereocenters. The maximum atomic E-state index is 13.3. The van der Waals surface area contributed by atoms with Gasteiger partial charge in [-0.15, -0.1) is 5.10 Å². The lowest BCUT2D eigenvalue weighted by Crippen LogP contribution is -2.05. The molecule has 24 heavy (non-hydrogen) atoms. The van der Waals surface area contributed by atoms with E-state index in [0.717, 1.165) is 0 Å². The number of benzene rings is 2. The van der Waals surface area contributed by atoms with E-state index in [1.54, 1.807) is 43.5 Å². The number of hydrogen-bond donors (Lipinski definition) is 0. The third-order valence-corrected chi connectivity index (χ3v) is 4.16. The molecule has 0 amide bonds. The first-order chi connectivity index (χ1) is 11.7. The summed E-state index contributed by atoms with van der Waals surface area (Å²) < 4.78 is 19.8. The Morgan fingerprint density at radius 1 is 1.25 bits per heavy atom. The number of thioether (sulfide) groups is 1. The third kappa shape index (κ3) is 3.60. The Hall–Kier alpha value is -2.74. The lowest BCUT2D eigenvalue weighted by molar-refractivity contribution is 0.102. The summed E-state index contributed by atoms with van der Waals surface area (Å²) in [6, 6.07) is 12.8. The molecule has 1 aromatic heterocycles. The van der Waals surface area contributed by atoms with E-state index < -0.39 is 0 Å². The molecule has 0 saturated carbocycles. The maximum absolute atomic E-state index is 13.3. The molecule has 3 rings (SSSR count). The zero-order valence-electron chi connectivity index (χ0n) is 12.7. The number of hydrogen-bond acceptors (Lipinski definition) is 6. The molecule has 1 heterocycles. The first kappa shape index (κ1) is 16.1. The standard InChI is InChI=1S/C16H13FN4O2S/c1-23-14-7-5-11(6-8-14)15(22)10-24-16-18-19-20-21(16)13-4-2-3-12(17)9-13/h2-9H,10H2,1H3. The molecule has 8 heteroatoms. The SMILES string of the molecule is COc1ccc(C(=O)CSc2nnnn2-c2cccc(F)c2)cc1. The molecule has 3 aromatic rings. The minimum Gasteiger partial charge on any atom is -0.497 e. The number of aromatic nitrogens is 4. The number of rotatable bonds is 6. The number of halogens is 1. The van der Waals surface area contributed by atoms with Crippen molar-refractivity contribution in [2.24, 2.45) is 0 Å². The number of tetrazole rings is 1. The van der Waals surface area contributed by atoms with Gasteiger partial charge in [-0.1, -0.05) is 17.8 Å². The molecule has 0 aliphatic rings. The van der Waals surface area contributed by atoms with Crippen LogP contribution in [0.4, 0.5) is 4.39 Å². The van der Waals surface area contributed by atoms with Crippen LogP contribution in [0.5, 0.6) is 5.75 Å². The van der Waals surface area contributed by atoms with Crippen LogP contribution in [-0.4, -0.2) is 38.9 Å². The number of methoxy groups -OCH3 is 1. The quantitative estimate of drug-likeness (QED) is 0.506. The second kappa shape index (κ2) is 7.22. The first-order valence-corrected chi connectivity index (χ1v) is 8.00. The molecule has 0 saturated heterocycles. The number of Topliss-reactive ketones (excluding diaryl/α,β-unsaturated/α-hetero) is 1. The van der Waals surface area contributed by atoms with Crippen molar-refractivity contribution in [3.8, 4) is 11.4 Å². The summed E-state index contributed by atoms with van der Waals surface area (Å²) in [6.07, 6.45) is 0. The van der Waals surface area contributed by atoms with Gasteiger partial charge in [0, 0.05) is 5.56 Å². The Bertz CT molecular complexity index is 851. The fraction of sp³-hybridized carbons (Fsp3) is 0.125. The van der Waals surface area contributed by atoms with Crippen molar-refractivity contribution in [3.63, 3.8) is 0 Å². The summed E-state index contributed by atoms with van der Waals surface area (Å²) >= 11 is 1.19. The molecular weight excluding hydrogens is 331 g/mol. The van der Waals surface area contributed by atoms with Gasteiger partial charge in [0.05, 0.1) is 18.6 Å². The van der Waals surface area contributed by atoms with E-state index in [9.17, 15) is 9.18 Å². The zero-order valence-corrected chi connectivity index (χ0v) is 13.5. The molecule has 0 unspecified atom stereocenters. The van der Waals surface area contributed by atoms with E-state index in [0.29, 0.717) is 22.2 Å². The molecule has 0 aliphatic heterocycles. The van der Waals surface area contributed by atoms with Crippen LogP contribution in [0, 0.1) is 5.82 Å². The number of carbonyl (C=O) groups is 1. The number of ketones is 1. The Kier molecular flexibility index (Phi) is 4.85. The molecule has 2 aromatic carbocycles. The van der Waals surface area contributed by atoms with Crippen LogP contribution < -0.4 is 4.74 Å². The van der Waals surface area contributed by atoms with Crippen LogP contribution in [0.2, 0.25) is 0 Å². The van der Waals surface area contributed by atoms with Gasteiger partial charge in [0.25, 0.3) is 0 Å². The van der Waals surface area contributed by atoms with Crippen molar-refractivity contribution in [2.45, 2.75) is 5.16 Å². The highest BCUT2D eigenvalue weighted by atomic mass is 32.2. The van der Waals surface area contributed by atoms with Crippen molar-refractivity contribution in [1.82, 2.24) is 20.2 Å². The third-order valence-electron chi connectivity index (χ3n) is 3.24. The summed E-state index contributed by atoms with van der Waals surface area (Å²) in [7, 11) is 1.57. The number of carbonyl (C=O) groups excluding carboxylic acids is 1. The molecule has 0 spiro atoms. The van der Waals surface area contributed by atoms with Gasteiger partial charge in [-0.25, -0.2) is 4.39 Å². The lowest BCUT2D eigenvalue weighted by Gasteiger charge is -2.05.